The van der Waals surface area contributed by atoms with Gasteiger partial charge in [-0.2, -0.15) is 0 Å². The average molecular weight is 376 g/mol. The first kappa shape index (κ1) is 23.0. The number of aliphatic hydroxyl groups excluding tert-OH is 5. The molecule has 0 amide bonds. The highest BCUT2D eigenvalue weighted by Crippen LogP contribution is 2.39. The van der Waals surface area contributed by atoms with Gasteiger partial charge in [0.1, 0.15) is 24.4 Å². The van der Waals surface area contributed by atoms with Crippen molar-refractivity contribution in [2.45, 2.75) is 69.5 Å². The van der Waals surface area contributed by atoms with Crippen molar-refractivity contribution in [3.05, 3.63) is 12.2 Å². The van der Waals surface area contributed by atoms with Crippen LogP contribution in [0.2, 0.25) is 0 Å². The summed E-state index contributed by atoms with van der Waals surface area (Å²) >= 11 is 0. The first-order chi connectivity index (χ1) is 12.3. The van der Waals surface area contributed by atoms with Crippen LogP contribution in [-0.4, -0.2) is 80.3 Å². The third-order valence-corrected chi connectivity index (χ3v) is 4.96. The molecule has 1 rings (SSSR count). The van der Waals surface area contributed by atoms with Gasteiger partial charge in [-0.25, -0.2) is 0 Å². The van der Waals surface area contributed by atoms with Gasteiger partial charge in [0.15, 0.2) is 0 Å². The van der Waals surface area contributed by atoms with Crippen LogP contribution < -0.4 is 0 Å². The van der Waals surface area contributed by atoms with E-state index in [1.54, 1.807) is 0 Å². The fourth-order valence-electron chi connectivity index (χ4n) is 3.44. The standard InChI is InChI=1S/C18H32O8/c1-2-3-4-5-12-11(8-16(22)23)6-7-15(12)26-10-14(21)18(25)17(24)13(20)9-19/h3-4,11-15,17-21,24-25H,2,5-10H2,1H3,(H,22,23)/b4-3+/t11-,12+,13-,14+,15+,17-,18+/m1/s1. The van der Waals surface area contributed by atoms with Gasteiger partial charge >= 0.3 is 5.97 Å². The van der Waals surface area contributed by atoms with Crippen molar-refractivity contribution in [3.8, 4) is 0 Å². The Hall–Kier alpha value is -1.03. The predicted molar refractivity (Wildman–Crippen MR) is 93.4 cm³/mol. The van der Waals surface area contributed by atoms with Gasteiger partial charge < -0.3 is 35.4 Å². The van der Waals surface area contributed by atoms with Gasteiger partial charge in [-0.05, 0) is 37.5 Å². The molecule has 0 spiro atoms. The second kappa shape index (κ2) is 11.6. The molecule has 1 saturated carbocycles. The summed E-state index contributed by atoms with van der Waals surface area (Å²) in [6, 6.07) is 0. The van der Waals surface area contributed by atoms with Crippen molar-refractivity contribution in [1.29, 1.82) is 0 Å². The molecule has 26 heavy (non-hydrogen) atoms. The Kier molecular flexibility index (Phi) is 10.3. The smallest absolute Gasteiger partial charge is 0.303 e. The molecule has 8 heteroatoms. The highest BCUT2D eigenvalue weighted by atomic mass is 16.5. The zero-order valence-electron chi connectivity index (χ0n) is 15.1. The zero-order chi connectivity index (χ0) is 19.7. The number of rotatable bonds is 12. The molecular formula is C18H32O8. The Balaban J connectivity index is 2.62. The highest BCUT2D eigenvalue weighted by molar-refractivity contribution is 5.67. The number of hydrogen-bond acceptors (Lipinski definition) is 7. The Morgan fingerprint density at radius 2 is 1.77 bits per heavy atom. The van der Waals surface area contributed by atoms with Gasteiger partial charge in [0.2, 0.25) is 0 Å². The number of carboxylic acids is 1. The molecule has 1 aliphatic carbocycles. The van der Waals surface area contributed by atoms with Crippen molar-refractivity contribution in [3.63, 3.8) is 0 Å². The number of hydrogen-bond donors (Lipinski definition) is 6. The fraction of sp³-hybridized carbons (Fsp3) is 0.833. The van der Waals surface area contributed by atoms with Crippen LogP contribution in [0.15, 0.2) is 12.2 Å². The Bertz CT molecular complexity index is 441. The average Bonchev–Trinajstić information content (AvgIpc) is 2.98. The Labute approximate surface area is 153 Å². The number of carboxylic acid groups (broad SMARTS) is 1. The third kappa shape index (κ3) is 6.94. The van der Waals surface area contributed by atoms with E-state index in [2.05, 4.69) is 0 Å². The molecule has 6 N–H and O–H groups in total. The summed E-state index contributed by atoms with van der Waals surface area (Å²) in [4.78, 5) is 11.1. The molecule has 0 aromatic heterocycles. The van der Waals surface area contributed by atoms with E-state index in [0.717, 1.165) is 6.42 Å². The van der Waals surface area contributed by atoms with Crippen LogP contribution >= 0.6 is 0 Å². The maximum atomic E-state index is 11.1. The summed E-state index contributed by atoms with van der Waals surface area (Å²) < 4.78 is 5.71. The van der Waals surface area contributed by atoms with E-state index in [0.29, 0.717) is 19.3 Å². The van der Waals surface area contributed by atoms with E-state index in [-0.39, 0.29) is 31.0 Å². The number of allylic oxidation sites excluding steroid dienone is 2. The SMILES string of the molecule is CC/C=C/C[C@H]1[C@@H](CC(=O)O)CC[C@@H]1OC[C@H](O)[C@H](O)[C@H](O)[C@H](O)CO. The van der Waals surface area contributed by atoms with E-state index in [1.165, 1.54) is 0 Å². The number of carbonyl (C=O) groups is 1. The molecule has 152 valence electrons. The maximum absolute atomic E-state index is 11.1. The van der Waals surface area contributed by atoms with Gasteiger partial charge in [0.05, 0.1) is 19.3 Å². The van der Waals surface area contributed by atoms with E-state index >= 15 is 0 Å². The van der Waals surface area contributed by atoms with Crippen molar-refractivity contribution < 1.29 is 40.2 Å². The lowest BCUT2D eigenvalue weighted by atomic mass is 9.89. The molecule has 0 aliphatic heterocycles. The van der Waals surface area contributed by atoms with Crippen LogP contribution in [0.3, 0.4) is 0 Å². The number of ether oxygens (including phenoxy) is 1. The van der Waals surface area contributed by atoms with E-state index < -0.39 is 37.0 Å². The molecule has 0 aromatic rings. The van der Waals surface area contributed by atoms with E-state index in [1.807, 2.05) is 19.1 Å². The Morgan fingerprint density at radius 3 is 2.35 bits per heavy atom. The van der Waals surface area contributed by atoms with Crippen LogP contribution in [0.5, 0.6) is 0 Å². The molecule has 0 unspecified atom stereocenters. The van der Waals surface area contributed by atoms with Crippen molar-refractivity contribution in [2.75, 3.05) is 13.2 Å². The summed E-state index contributed by atoms with van der Waals surface area (Å²) in [5.74, 6) is -0.856. The van der Waals surface area contributed by atoms with Crippen LogP contribution in [0.4, 0.5) is 0 Å². The van der Waals surface area contributed by atoms with E-state index in [4.69, 9.17) is 14.9 Å². The van der Waals surface area contributed by atoms with Gasteiger partial charge in [0.25, 0.3) is 0 Å². The van der Waals surface area contributed by atoms with Gasteiger partial charge in [-0.1, -0.05) is 19.1 Å². The first-order valence-corrected chi connectivity index (χ1v) is 9.13. The third-order valence-electron chi connectivity index (χ3n) is 4.96. The van der Waals surface area contributed by atoms with Crippen molar-refractivity contribution in [2.24, 2.45) is 11.8 Å². The van der Waals surface area contributed by atoms with Crippen molar-refractivity contribution in [1.82, 2.24) is 0 Å². The minimum Gasteiger partial charge on any atom is -0.481 e. The molecule has 0 radical (unpaired) electrons. The van der Waals surface area contributed by atoms with Crippen LogP contribution in [0.1, 0.15) is 39.0 Å². The summed E-state index contributed by atoms with van der Waals surface area (Å²) in [5, 5.41) is 56.6. The lowest BCUT2D eigenvalue weighted by Crippen LogP contribution is -2.47. The maximum Gasteiger partial charge on any atom is 0.303 e. The number of aliphatic carboxylic acids is 1. The van der Waals surface area contributed by atoms with Crippen LogP contribution in [0, 0.1) is 11.8 Å². The molecular weight excluding hydrogens is 344 g/mol. The zero-order valence-corrected chi connectivity index (χ0v) is 15.1. The number of aliphatic hydroxyl groups is 5. The lowest BCUT2D eigenvalue weighted by molar-refractivity contribution is -0.140. The molecule has 0 heterocycles. The van der Waals surface area contributed by atoms with Gasteiger partial charge in [0, 0.05) is 6.42 Å². The monoisotopic (exact) mass is 376 g/mol. The molecule has 0 saturated heterocycles. The molecule has 0 aromatic carbocycles. The topological polar surface area (TPSA) is 148 Å². The highest BCUT2D eigenvalue weighted by Gasteiger charge is 2.38. The molecule has 0 bridgehead atoms. The minimum atomic E-state index is -1.69. The van der Waals surface area contributed by atoms with Crippen LogP contribution in [0.25, 0.3) is 0 Å². The summed E-state index contributed by atoms with van der Waals surface area (Å²) in [6.07, 6.45) is 0.441. The minimum absolute atomic E-state index is 0.00574. The summed E-state index contributed by atoms with van der Waals surface area (Å²) in [7, 11) is 0. The van der Waals surface area contributed by atoms with Crippen molar-refractivity contribution >= 4 is 5.97 Å². The fourth-order valence-corrected chi connectivity index (χ4v) is 3.44. The summed E-state index contributed by atoms with van der Waals surface area (Å²) in [5.41, 5.74) is 0. The summed E-state index contributed by atoms with van der Waals surface area (Å²) in [6.45, 7) is 1.02. The molecule has 8 nitrogen and oxygen atoms in total. The normalized spacial score (nSPS) is 28.2. The molecule has 1 aliphatic rings. The first-order valence-electron chi connectivity index (χ1n) is 9.13. The quantitative estimate of drug-likeness (QED) is 0.254. The van der Waals surface area contributed by atoms with Crippen LogP contribution in [-0.2, 0) is 9.53 Å². The second-order valence-corrected chi connectivity index (χ2v) is 6.88. The molecule has 1 fully saturated rings. The Morgan fingerprint density at radius 1 is 1.12 bits per heavy atom. The largest absolute Gasteiger partial charge is 0.481 e. The lowest BCUT2D eigenvalue weighted by Gasteiger charge is -2.28. The van der Waals surface area contributed by atoms with Gasteiger partial charge in [-0.3, -0.25) is 4.79 Å². The second-order valence-electron chi connectivity index (χ2n) is 6.88. The molecule has 7 atom stereocenters. The van der Waals surface area contributed by atoms with Gasteiger partial charge in [-0.15, -0.1) is 0 Å². The predicted octanol–water partition coefficient (Wildman–Crippen LogP) is -0.335. The van der Waals surface area contributed by atoms with E-state index in [9.17, 15) is 25.2 Å².